The molecule has 162 valence electrons. The summed E-state index contributed by atoms with van der Waals surface area (Å²) in [4.78, 5) is 27.9. The summed E-state index contributed by atoms with van der Waals surface area (Å²) in [6, 6.07) is 13.5. The topological polar surface area (TPSA) is 49.4 Å². The Balaban J connectivity index is 1.85. The fourth-order valence-electron chi connectivity index (χ4n) is 3.48. The summed E-state index contributed by atoms with van der Waals surface area (Å²) in [5.41, 5.74) is 3.89. The van der Waals surface area contributed by atoms with Crippen molar-refractivity contribution < 1.29 is 18.4 Å². The highest BCUT2D eigenvalue weighted by Gasteiger charge is 2.40. The van der Waals surface area contributed by atoms with Crippen molar-refractivity contribution in [1.29, 1.82) is 0 Å². The smallest absolute Gasteiger partial charge is 0.282 e. The summed E-state index contributed by atoms with van der Waals surface area (Å²) in [5, 5.41) is 3.24. The van der Waals surface area contributed by atoms with Crippen LogP contribution in [0.2, 0.25) is 5.02 Å². The Hall–Kier alpha value is -3.51. The average Bonchev–Trinajstić information content (AvgIpc) is 2.99. The molecule has 0 spiro atoms. The second-order valence-electron chi connectivity index (χ2n) is 7.68. The number of nitrogens with zero attached hydrogens (tertiary/aromatic N) is 1. The van der Waals surface area contributed by atoms with Gasteiger partial charge in [-0.2, -0.15) is 0 Å². The van der Waals surface area contributed by atoms with Crippen molar-refractivity contribution in [1.82, 2.24) is 0 Å². The lowest BCUT2D eigenvalue weighted by Gasteiger charge is -2.16. The minimum absolute atomic E-state index is 0.0269. The van der Waals surface area contributed by atoms with E-state index < -0.39 is 23.4 Å². The molecule has 0 fully saturated rings. The summed E-state index contributed by atoms with van der Waals surface area (Å²) in [6.07, 6.45) is 0. The summed E-state index contributed by atoms with van der Waals surface area (Å²) < 4.78 is 27.1. The fraction of sp³-hybridized carbons (Fsp3) is 0.120. The summed E-state index contributed by atoms with van der Waals surface area (Å²) >= 11 is 6.22. The molecule has 4 rings (SSSR count). The van der Waals surface area contributed by atoms with E-state index in [1.165, 1.54) is 6.07 Å². The van der Waals surface area contributed by atoms with Crippen LogP contribution in [0.3, 0.4) is 0 Å². The van der Waals surface area contributed by atoms with Crippen LogP contribution < -0.4 is 10.2 Å². The van der Waals surface area contributed by atoms with Crippen LogP contribution >= 0.6 is 11.6 Å². The molecular weight excluding hydrogens is 434 g/mol. The van der Waals surface area contributed by atoms with Crippen molar-refractivity contribution in [3.63, 3.8) is 0 Å². The van der Waals surface area contributed by atoms with E-state index in [-0.39, 0.29) is 17.0 Å². The number of rotatable bonds is 4. The van der Waals surface area contributed by atoms with Gasteiger partial charge in [-0.05, 0) is 67.3 Å². The first-order valence-electron chi connectivity index (χ1n) is 9.86. The molecule has 1 heterocycles. The number of hydrogen-bond donors (Lipinski definition) is 1. The van der Waals surface area contributed by atoms with Crippen LogP contribution in [-0.2, 0) is 9.59 Å². The van der Waals surface area contributed by atoms with Gasteiger partial charge in [-0.25, -0.2) is 13.7 Å². The quantitative estimate of drug-likeness (QED) is 0.498. The van der Waals surface area contributed by atoms with Gasteiger partial charge in [0.25, 0.3) is 11.8 Å². The third kappa shape index (κ3) is 3.78. The van der Waals surface area contributed by atoms with Gasteiger partial charge in [0.2, 0.25) is 0 Å². The Morgan fingerprint density at radius 1 is 0.781 bits per heavy atom. The molecule has 0 aliphatic carbocycles. The number of amides is 2. The van der Waals surface area contributed by atoms with Gasteiger partial charge in [-0.3, -0.25) is 9.59 Å². The highest BCUT2D eigenvalue weighted by molar-refractivity contribution is 6.46. The predicted octanol–water partition coefficient (Wildman–Crippen LogP) is 5.94. The normalized spacial score (nSPS) is 13.9. The first kappa shape index (κ1) is 21.7. The Kier molecular flexibility index (Phi) is 5.57. The Bertz CT molecular complexity index is 1320. The Morgan fingerprint density at radius 3 is 2.16 bits per heavy atom. The van der Waals surface area contributed by atoms with Gasteiger partial charge in [0, 0.05) is 16.8 Å². The predicted molar refractivity (Wildman–Crippen MR) is 121 cm³/mol. The molecule has 1 aliphatic rings. The van der Waals surface area contributed by atoms with E-state index in [1.54, 1.807) is 24.3 Å². The van der Waals surface area contributed by atoms with E-state index in [1.807, 2.05) is 32.9 Å². The molecule has 2 amide bonds. The highest BCUT2D eigenvalue weighted by Crippen LogP contribution is 2.35. The number of hydrogen-bond acceptors (Lipinski definition) is 3. The molecule has 0 bridgehead atoms. The van der Waals surface area contributed by atoms with Crippen LogP contribution in [0.1, 0.15) is 22.3 Å². The molecule has 3 aromatic carbocycles. The van der Waals surface area contributed by atoms with Crippen LogP contribution in [0.15, 0.2) is 60.3 Å². The molecular formula is C25H19ClF2N2O2. The molecule has 0 saturated carbocycles. The molecule has 32 heavy (non-hydrogen) atoms. The monoisotopic (exact) mass is 452 g/mol. The van der Waals surface area contributed by atoms with Gasteiger partial charge < -0.3 is 5.32 Å². The Morgan fingerprint density at radius 2 is 1.50 bits per heavy atom. The van der Waals surface area contributed by atoms with Gasteiger partial charge >= 0.3 is 0 Å². The molecule has 0 aromatic heterocycles. The van der Waals surface area contributed by atoms with Crippen LogP contribution in [0.4, 0.5) is 20.2 Å². The minimum atomic E-state index is -1.07. The maximum Gasteiger partial charge on any atom is 0.282 e. The number of nitrogens with one attached hydrogen (secondary N) is 1. The summed E-state index contributed by atoms with van der Waals surface area (Å²) in [6.45, 7) is 5.66. The number of benzene rings is 3. The molecule has 0 radical (unpaired) electrons. The van der Waals surface area contributed by atoms with Crippen molar-refractivity contribution in [2.45, 2.75) is 20.8 Å². The van der Waals surface area contributed by atoms with Crippen molar-refractivity contribution in [2.24, 2.45) is 0 Å². The van der Waals surface area contributed by atoms with E-state index in [9.17, 15) is 18.4 Å². The molecule has 0 atom stereocenters. The van der Waals surface area contributed by atoms with Crippen LogP contribution in [0.5, 0.6) is 0 Å². The van der Waals surface area contributed by atoms with E-state index in [4.69, 9.17) is 11.6 Å². The van der Waals surface area contributed by atoms with Crippen molar-refractivity contribution in [3.8, 4) is 0 Å². The molecule has 7 heteroatoms. The lowest BCUT2D eigenvalue weighted by molar-refractivity contribution is -0.120. The average molecular weight is 453 g/mol. The molecule has 4 nitrogen and oxygen atoms in total. The molecule has 3 aromatic rings. The van der Waals surface area contributed by atoms with E-state index >= 15 is 0 Å². The maximum atomic E-state index is 13.8. The third-order valence-corrected chi connectivity index (χ3v) is 5.89. The van der Waals surface area contributed by atoms with Crippen molar-refractivity contribution >= 4 is 40.4 Å². The number of halogens is 3. The lowest BCUT2D eigenvalue weighted by atomic mass is 9.99. The van der Waals surface area contributed by atoms with Crippen molar-refractivity contribution in [2.75, 3.05) is 10.2 Å². The second-order valence-corrected chi connectivity index (χ2v) is 8.09. The minimum Gasteiger partial charge on any atom is -0.350 e. The number of anilines is 2. The van der Waals surface area contributed by atoms with E-state index in [0.29, 0.717) is 16.3 Å². The first-order chi connectivity index (χ1) is 15.2. The first-order valence-corrected chi connectivity index (χ1v) is 10.2. The fourth-order valence-corrected chi connectivity index (χ4v) is 3.66. The Labute approximate surface area is 189 Å². The molecule has 0 unspecified atom stereocenters. The second kappa shape index (κ2) is 8.20. The van der Waals surface area contributed by atoms with Crippen LogP contribution in [-0.4, -0.2) is 11.8 Å². The van der Waals surface area contributed by atoms with Crippen molar-refractivity contribution in [3.05, 3.63) is 99.2 Å². The zero-order valence-corrected chi connectivity index (χ0v) is 18.3. The van der Waals surface area contributed by atoms with Gasteiger partial charge in [0.1, 0.15) is 5.70 Å². The number of aryl methyl sites for hydroxylation is 3. The molecule has 1 aliphatic heterocycles. The largest absolute Gasteiger partial charge is 0.350 e. The van der Waals surface area contributed by atoms with E-state index in [0.717, 1.165) is 33.7 Å². The van der Waals surface area contributed by atoms with Gasteiger partial charge in [-0.1, -0.05) is 35.9 Å². The number of imide groups is 1. The zero-order valence-electron chi connectivity index (χ0n) is 17.6. The van der Waals surface area contributed by atoms with Crippen LogP contribution in [0.25, 0.3) is 5.57 Å². The summed E-state index contributed by atoms with van der Waals surface area (Å²) in [7, 11) is 0. The maximum absolute atomic E-state index is 13.8. The van der Waals surface area contributed by atoms with Crippen LogP contribution in [0, 0.1) is 32.4 Å². The van der Waals surface area contributed by atoms with Gasteiger partial charge in [-0.15, -0.1) is 0 Å². The van der Waals surface area contributed by atoms with E-state index in [2.05, 4.69) is 5.32 Å². The molecule has 0 saturated heterocycles. The van der Waals surface area contributed by atoms with Gasteiger partial charge in [0.05, 0.1) is 11.3 Å². The SMILES string of the molecule is Cc1ccc(C2=C(Nc3ccc(F)c(F)c3)C(=O)N(c3ccc(C)c(Cl)c3)C2=O)cc1C. The third-order valence-electron chi connectivity index (χ3n) is 5.48. The lowest BCUT2D eigenvalue weighted by Crippen LogP contribution is -2.32. The highest BCUT2D eigenvalue weighted by atomic mass is 35.5. The zero-order chi connectivity index (χ0) is 23.2. The summed E-state index contributed by atoms with van der Waals surface area (Å²) in [5.74, 6) is -3.23. The van der Waals surface area contributed by atoms with Gasteiger partial charge in [0.15, 0.2) is 11.6 Å². The molecule has 1 N–H and O–H groups in total. The standard InChI is InChI=1S/C25H19ClF2N2O2/c1-13-4-6-16(10-15(13)3)22-23(29-17-7-9-20(27)21(28)11-17)25(32)30(24(22)31)18-8-5-14(2)19(26)12-18/h4-12,29H,1-3H3. The number of carbonyl (C=O) groups excluding carboxylic acids is 2. The number of carbonyl (C=O) groups is 2.